The molecule has 0 atom stereocenters. The van der Waals surface area contributed by atoms with Crippen molar-refractivity contribution in [1.82, 2.24) is 20.4 Å². The van der Waals surface area contributed by atoms with E-state index in [1.807, 2.05) is 0 Å². The summed E-state index contributed by atoms with van der Waals surface area (Å²) in [5, 5.41) is 7.07. The zero-order chi connectivity index (χ0) is 19.2. The fourth-order valence-corrected chi connectivity index (χ4v) is 1.77. The summed E-state index contributed by atoms with van der Waals surface area (Å²) >= 11 is 0. The number of carbonyl (C=O) groups is 3. The zero-order valence-corrected chi connectivity index (χ0v) is 13.1. The van der Waals surface area contributed by atoms with Crippen LogP contribution in [0.25, 0.3) is 5.69 Å². The van der Waals surface area contributed by atoms with E-state index in [-0.39, 0.29) is 5.56 Å². The van der Waals surface area contributed by atoms with Crippen molar-refractivity contribution >= 4 is 17.9 Å². The van der Waals surface area contributed by atoms with Crippen LogP contribution in [0.5, 0.6) is 0 Å². The summed E-state index contributed by atoms with van der Waals surface area (Å²) in [6.07, 6.45) is -1.30. The smallest absolute Gasteiger partial charge is 0.405 e. The molecule has 0 aliphatic heterocycles. The number of esters is 1. The van der Waals surface area contributed by atoms with Gasteiger partial charge in [0.05, 0.1) is 11.3 Å². The first-order valence-electron chi connectivity index (χ1n) is 7.16. The number of carbonyl (C=O) groups excluding carboxylic acids is 3. The maximum absolute atomic E-state index is 11.9. The molecule has 0 aliphatic carbocycles. The Morgan fingerprint density at radius 1 is 1.15 bits per heavy atom. The van der Waals surface area contributed by atoms with Crippen molar-refractivity contribution in [3.8, 4) is 5.69 Å². The van der Waals surface area contributed by atoms with Gasteiger partial charge in [0.1, 0.15) is 6.54 Å². The summed E-state index contributed by atoms with van der Waals surface area (Å²) in [6, 6.07) is 6.50. The Morgan fingerprint density at radius 2 is 1.85 bits per heavy atom. The number of alkyl halides is 3. The second-order valence-electron chi connectivity index (χ2n) is 4.92. The number of nitrogens with zero attached hydrogens (tertiary/aromatic N) is 2. The zero-order valence-electron chi connectivity index (χ0n) is 13.1. The normalized spacial score (nSPS) is 10.9. The molecular formula is C15H13F3N4O4. The number of hydrogen-bond donors (Lipinski definition) is 2. The van der Waals surface area contributed by atoms with Crippen molar-refractivity contribution in [2.24, 2.45) is 0 Å². The fourth-order valence-electron chi connectivity index (χ4n) is 1.77. The topological polar surface area (TPSA) is 102 Å². The highest BCUT2D eigenvalue weighted by Gasteiger charge is 2.28. The average Bonchev–Trinajstić information content (AvgIpc) is 3.12. The molecule has 0 spiro atoms. The van der Waals surface area contributed by atoms with Crippen molar-refractivity contribution in [2.75, 3.05) is 13.2 Å². The van der Waals surface area contributed by atoms with Crippen LogP contribution in [0.3, 0.4) is 0 Å². The Labute approximate surface area is 144 Å². The lowest BCUT2D eigenvalue weighted by molar-refractivity contribution is -0.125. The molecule has 2 N–H and O–H groups in total. The van der Waals surface area contributed by atoms with Gasteiger partial charge in [-0.05, 0) is 30.3 Å². The number of halogens is 3. The van der Waals surface area contributed by atoms with E-state index in [1.165, 1.54) is 17.4 Å². The highest BCUT2D eigenvalue weighted by molar-refractivity contribution is 5.97. The van der Waals surface area contributed by atoms with Crippen molar-refractivity contribution in [1.29, 1.82) is 0 Å². The molecule has 2 rings (SSSR count). The number of hydrogen-bond acceptors (Lipinski definition) is 5. The number of nitrogens with one attached hydrogen (secondary N) is 2. The van der Waals surface area contributed by atoms with Gasteiger partial charge >= 0.3 is 18.2 Å². The van der Waals surface area contributed by atoms with Crippen LogP contribution in [0.15, 0.2) is 42.7 Å². The molecule has 0 saturated carbocycles. The number of benzene rings is 1. The molecule has 11 heteroatoms. The minimum atomic E-state index is -4.60. The van der Waals surface area contributed by atoms with Crippen LogP contribution in [0.2, 0.25) is 0 Å². The summed E-state index contributed by atoms with van der Waals surface area (Å²) in [7, 11) is 0. The van der Waals surface area contributed by atoms with Crippen LogP contribution in [0.4, 0.5) is 18.0 Å². The molecule has 0 unspecified atom stereocenters. The molecule has 1 aromatic carbocycles. The van der Waals surface area contributed by atoms with Crippen molar-refractivity contribution in [2.45, 2.75) is 6.18 Å². The molecule has 0 radical (unpaired) electrons. The molecule has 138 valence electrons. The van der Waals surface area contributed by atoms with Gasteiger partial charge in [0.15, 0.2) is 6.61 Å². The minimum Gasteiger partial charge on any atom is -0.452 e. The molecule has 26 heavy (non-hydrogen) atoms. The van der Waals surface area contributed by atoms with E-state index in [2.05, 4.69) is 5.10 Å². The summed E-state index contributed by atoms with van der Waals surface area (Å²) in [6.45, 7) is -2.41. The Balaban J connectivity index is 1.79. The van der Waals surface area contributed by atoms with E-state index in [0.29, 0.717) is 5.69 Å². The van der Waals surface area contributed by atoms with Gasteiger partial charge in [0.25, 0.3) is 5.91 Å². The molecule has 0 fully saturated rings. The van der Waals surface area contributed by atoms with E-state index in [4.69, 9.17) is 4.74 Å². The molecule has 0 saturated heterocycles. The van der Waals surface area contributed by atoms with E-state index in [1.54, 1.807) is 40.6 Å². The summed E-state index contributed by atoms with van der Waals surface area (Å²) in [4.78, 5) is 34.3. The highest BCUT2D eigenvalue weighted by atomic mass is 19.4. The van der Waals surface area contributed by atoms with Gasteiger partial charge in [-0.2, -0.15) is 18.3 Å². The lowest BCUT2D eigenvalue weighted by Crippen LogP contribution is -2.44. The van der Waals surface area contributed by atoms with Gasteiger partial charge in [0, 0.05) is 12.4 Å². The van der Waals surface area contributed by atoms with Crippen LogP contribution >= 0.6 is 0 Å². The Hall–Kier alpha value is -3.37. The van der Waals surface area contributed by atoms with E-state index >= 15 is 0 Å². The Bertz CT molecular complexity index is 773. The van der Waals surface area contributed by atoms with Crippen LogP contribution in [-0.4, -0.2) is 47.0 Å². The molecule has 8 nitrogen and oxygen atoms in total. The standard InChI is InChI=1S/C15H13F3N4O4/c16-15(17,18)9-19-14(25)21-12(23)8-26-13(24)10-2-4-11(5-3-10)22-7-1-6-20-22/h1-7H,8-9H2,(H2,19,21,23,25). The maximum Gasteiger partial charge on any atom is 0.405 e. The van der Waals surface area contributed by atoms with Gasteiger partial charge in [-0.3, -0.25) is 10.1 Å². The molecule has 0 aliphatic rings. The molecule has 0 bridgehead atoms. The second-order valence-corrected chi connectivity index (χ2v) is 4.92. The van der Waals surface area contributed by atoms with E-state index in [9.17, 15) is 27.6 Å². The third kappa shape index (κ3) is 5.92. The molecule has 1 heterocycles. The highest BCUT2D eigenvalue weighted by Crippen LogP contribution is 2.12. The molecule has 3 amide bonds. The first kappa shape index (κ1) is 19.0. The third-order valence-electron chi connectivity index (χ3n) is 2.91. The number of aromatic nitrogens is 2. The summed E-state index contributed by atoms with van der Waals surface area (Å²) < 4.78 is 42.0. The van der Waals surface area contributed by atoms with Crippen LogP contribution in [0.1, 0.15) is 10.4 Å². The van der Waals surface area contributed by atoms with Gasteiger partial charge < -0.3 is 10.1 Å². The Kier molecular flexibility index (Phi) is 5.94. The predicted octanol–water partition coefficient (Wildman–Crippen LogP) is 1.42. The molecule has 1 aromatic heterocycles. The van der Waals surface area contributed by atoms with Crippen molar-refractivity contribution in [3.63, 3.8) is 0 Å². The monoisotopic (exact) mass is 370 g/mol. The molecule has 2 aromatic rings. The van der Waals surface area contributed by atoms with E-state index in [0.717, 1.165) is 0 Å². The fraction of sp³-hybridized carbons (Fsp3) is 0.200. The van der Waals surface area contributed by atoms with Gasteiger partial charge in [-0.1, -0.05) is 0 Å². The first-order valence-corrected chi connectivity index (χ1v) is 7.16. The van der Waals surface area contributed by atoms with Gasteiger partial charge in [0.2, 0.25) is 0 Å². The van der Waals surface area contributed by atoms with Crippen LogP contribution < -0.4 is 10.6 Å². The van der Waals surface area contributed by atoms with Crippen LogP contribution in [0, 0.1) is 0 Å². The molecular weight excluding hydrogens is 357 g/mol. The van der Waals surface area contributed by atoms with Gasteiger partial charge in [-0.25, -0.2) is 14.3 Å². The summed E-state index contributed by atoms with van der Waals surface area (Å²) in [5.41, 5.74) is 0.848. The first-order chi connectivity index (χ1) is 12.2. The largest absolute Gasteiger partial charge is 0.452 e. The van der Waals surface area contributed by atoms with Gasteiger partial charge in [-0.15, -0.1) is 0 Å². The number of rotatable bonds is 5. The predicted molar refractivity (Wildman–Crippen MR) is 81.4 cm³/mol. The maximum atomic E-state index is 11.9. The number of urea groups is 1. The lowest BCUT2D eigenvalue weighted by Gasteiger charge is -2.09. The quantitative estimate of drug-likeness (QED) is 0.775. The van der Waals surface area contributed by atoms with E-state index < -0.39 is 37.2 Å². The summed E-state index contributed by atoms with van der Waals surface area (Å²) in [5.74, 6) is -1.89. The van der Waals surface area contributed by atoms with Crippen LogP contribution in [-0.2, 0) is 9.53 Å². The minimum absolute atomic E-state index is 0.148. The third-order valence-corrected chi connectivity index (χ3v) is 2.91. The van der Waals surface area contributed by atoms with Crippen molar-refractivity contribution < 1.29 is 32.3 Å². The number of imide groups is 1. The SMILES string of the molecule is O=C(COC(=O)c1ccc(-n2cccn2)cc1)NC(=O)NCC(F)(F)F. The second kappa shape index (κ2) is 8.14. The Morgan fingerprint density at radius 3 is 2.42 bits per heavy atom. The number of amides is 3. The van der Waals surface area contributed by atoms with Crippen molar-refractivity contribution in [3.05, 3.63) is 48.3 Å². The number of ether oxygens (including phenoxy) is 1. The average molecular weight is 370 g/mol. The lowest BCUT2D eigenvalue weighted by atomic mass is 10.2.